The van der Waals surface area contributed by atoms with Crippen LogP contribution >= 0.6 is 0 Å². The maximum Gasteiger partial charge on any atom is 0.214 e. The van der Waals surface area contributed by atoms with Crippen LogP contribution in [0.25, 0.3) is 11.1 Å². The van der Waals surface area contributed by atoms with Gasteiger partial charge in [-0.1, -0.05) is 54.6 Å². The number of Topliss-reactive ketones (excluding diaryl/α,β-unsaturated/α-hetero) is 1. The van der Waals surface area contributed by atoms with Gasteiger partial charge in [-0.25, -0.2) is 8.42 Å². The second-order valence-corrected chi connectivity index (χ2v) is 9.92. The smallest absolute Gasteiger partial charge is 0.214 e. The maximum atomic E-state index is 12.7. The molecule has 0 spiro atoms. The molecule has 1 aliphatic heterocycles. The predicted octanol–water partition coefficient (Wildman–Crippen LogP) is 3.71. The third-order valence-electron chi connectivity index (χ3n) is 5.68. The van der Waals surface area contributed by atoms with Crippen molar-refractivity contribution < 1.29 is 13.2 Å². The van der Waals surface area contributed by atoms with Crippen LogP contribution in [-0.4, -0.2) is 43.4 Å². The summed E-state index contributed by atoms with van der Waals surface area (Å²) in [7, 11) is -3.26. The molecule has 2 atom stereocenters. The summed E-state index contributed by atoms with van der Waals surface area (Å²) in [5.41, 5.74) is 8.39. The Balaban J connectivity index is 1.58. The van der Waals surface area contributed by atoms with Crippen molar-refractivity contribution in [2.75, 3.05) is 18.8 Å². The van der Waals surface area contributed by atoms with Crippen LogP contribution in [0.15, 0.2) is 54.6 Å². The summed E-state index contributed by atoms with van der Waals surface area (Å²) in [6.07, 6.45) is 2.38. The van der Waals surface area contributed by atoms with Crippen molar-refractivity contribution in [2.45, 2.75) is 38.6 Å². The lowest BCUT2D eigenvalue weighted by atomic mass is 9.87. The van der Waals surface area contributed by atoms with Crippen LogP contribution in [0.4, 0.5) is 0 Å². The molecule has 0 saturated carbocycles. The lowest BCUT2D eigenvalue weighted by Gasteiger charge is -2.36. The molecule has 1 fully saturated rings. The highest BCUT2D eigenvalue weighted by molar-refractivity contribution is 7.89. The van der Waals surface area contributed by atoms with Crippen LogP contribution in [0.1, 0.15) is 43.0 Å². The molecule has 156 valence electrons. The molecule has 0 radical (unpaired) electrons. The number of ketones is 1. The zero-order valence-electron chi connectivity index (χ0n) is 17.0. The van der Waals surface area contributed by atoms with Crippen molar-refractivity contribution in [3.63, 3.8) is 0 Å². The SMILES string of the molecule is C[C@@H]1C[C@H](CC(=O)c2ccc(-c3ccccc3)cc2)CCN1S(=O)(=O)CCCN. The van der Waals surface area contributed by atoms with E-state index in [9.17, 15) is 13.2 Å². The lowest BCUT2D eigenvalue weighted by molar-refractivity contribution is 0.0932. The molecule has 2 N–H and O–H groups in total. The first-order chi connectivity index (χ1) is 13.9. The highest BCUT2D eigenvalue weighted by Gasteiger charge is 2.33. The molecule has 6 heteroatoms. The third kappa shape index (κ3) is 5.53. The monoisotopic (exact) mass is 414 g/mol. The largest absolute Gasteiger partial charge is 0.330 e. The minimum absolute atomic E-state index is 0.0789. The number of sulfonamides is 1. The molecule has 29 heavy (non-hydrogen) atoms. The minimum Gasteiger partial charge on any atom is -0.330 e. The number of benzene rings is 2. The molecule has 0 aliphatic carbocycles. The van der Waals surface area contributed by atoms with Crippen LogP contribution < -0.4 is 5.73 Å². The quantitative estimate of drug-likeness (QED) is 0.668. The highest BCUT2D eigenvalue weighted by atomic mass is 32.2. The number of hydrogen-bond donors (Lipinski definition) is 1. The Morgan fingerprint density at radius 2 is 1.72 bits per heavy atom. The average Bonchev–Trinajstić information content (AvgIpc) is 2.73. The average molecular weight is 415 g/mol. The fourth-order valence-electron chi connectivity index (χ4n) is 4.09. The van der Waals surface area contributed by atoms with Crippen LogP contribution in [0, 0.1) is 5.92 Å². The van der Waals surface area contributed by atoms with Gasteiger partial charge in [-0.15, -0.1) is 0 Å². The molecule has 1 aliphatic rings. The Morgan fingerprint density at radius 3 is 2.34 bits per heavy atom. The van der Waals surface area contributed by atoms with Crippen LogP contribution in [0.5, 0.6) is 0 Å². The molecule has 0 aromatic heterocycles. The van der Waals surface area contributed by atoms with Crippen molar-refractivity contribution in [3.8, 4) is 11.1 Å². The first kappa shape index (κ1) is 21.7. The van der Waals surface area contributed by atoms with Crippen LogP contribution in [-0.2, 0) is 10.0 Å². The standard InChI is InChI=1S/C23H30N2O3S/c1-18-16-19(12-14-25(18)29(27,28)15-5-13-24)17-23(26)22-10-8-21(9-11-22)20-6-3-2-4-7-20/h2-4,6-11,18-19H,5,12-17,24H2,1H3/t18-,19-/m1/s1. The molecule has 1 saturated heterocycles. The molecule has 3 rings (SSSR count). The van der Waals surface area contributed by atoms with Gasteiger partial charge >= 0.3 is 0 Å². The number of nitrogens with two attached hydrogens (primary N) is 1. The molecule has 2 aromatic carbocycles. The van der Waals surface area contributed by atoms with Gasteiger partial charge in [0.2, 0.25) is 10.0 Å². The number of carbonyl (C=O) groups excluding carboxylic acids is 1. The van der Waals surface area contributed by atoms with E-state index in [2.05, 4.69) is 0 Å². The van der Waals surface area contributed by atoms with Crippen molar-refractivity contribution in [1.29, 1.82) is 0 Å². The van der Waals surface area contributed by atoms with Crippen molar-refractivity contribution in [2.24, 2.45) is 11.7 Å². The zero-order chi connectivity index (χ0) is 20.9. The fourth-order valence-corrected chi connectivity index (χ4v) is 5.87. The third-order valence-corrected chi connectivity index (χ3v) is 7.74. The van der Waals surface area contributed by atoms with Crippen molar-refractivity contribution >= 4 is 15.8 Å². The summed E-state index contributed by atoms with van der Waals surface area (Å²) in [6, 6.07) is 17.7. The van der Waals surface area contributed by atoms with Crippen molar-refractivity contribution in [3.05, 3.63) is 60.2 Å². The van der Waals surface area contributed by atoms with E-state index in [0.29, 0.717) is 25.9 Å². The van der Waals surface area contributed by atoms with E-state index >= 15 is 0 Å². The van der Waals surface area contributed by atoms with E-state index in [1.807, 2.05) is 61.5 Å². The van der Waals surface area contributed by atoms with E-state index < -0.39 is 10.0 Å². The summed E-state index contributed by atoms with van der Waals surface area (Å²) in [4.78, 5) is 12.7. The van der Waals surface area contributed by atoms with E-state index in [1.54, 1.807) is 4.31 Å². The molecule has 1 heterocycles. The number of hydrogen-bond acceptors (Lipinski definition) is 4. The Morgan fingerprint density at radius 1 is 1.07 bits per heavy atom. The molecule has 0 unspecified atom stereocenters. The Hall–Kier alpha value is -2.02. The first-order valence-corrected chi connectivity index (χ1v) is 11.9. The summed E-state index contributed by atoms with van der Waals surface area (Å²) in [6.45, 7) is 2.80. The molecule has 0 amide bonds. The van der Waals surface area contributed by atoms with E-state index in [0.717, 1.165) is 29.5 Å². The maximum absolute atomic E-state index is 12.7. The summed E-state index contributed by atoms with van der Waals surface area (Å²) >= 11 is 0. The second-order valence-electron chi connectivity index (χ2n) is 7.88. The fraction of sp³-hybridized carbons (Fsp3) is 0.435. The van der Waals surface area contributed by atoms with Gasteiger partial charge in [0.25, 0.3) is 0 Å². The minimum atomic E-state index is -3.26. The Bertz CT molecular complexity index is 911. The normalized spacial score (nSPS) is 20.5. The number of nitrogens with zero attached hydrogens (tertiary/aromatic N) is 1. The topological polar surface area (TPSA) is 80.5 Å². The molecule has 0 bridgehead atoms. The summed E-state index contributed by atoms with van der Waals surface area (Å²) < 4.78 is 26.5. The van der Waals surface area contributed by atoms with E-state index in [-0.39, 0.29) is 23.5 Å². The summed E-state index contributed by atoms with van der Waals surface area (Å²) in [5.74, 6) is 0.444. The van der Waals surface area contributed by atoms with Gasteiger partial charge in [-0.3, -0.25) is 4.79 Å². The van der Waals surface area contributed by atoms with Gasteiger partial charge in [0.15, 0.2) is 5.78 Å². The molecule has 5 nitrogen and oxygen atoms in total. The zero-order valence-corrected chi connectivity index (χ0v) is 17.8. The first-order valence-electron chi connectivity index (χ1n) is 10.3. The van der Waals surface area contributed by atoms with Gasteiger partial charge in [0.1, 0.15) is 0 Å². The molecule has 2 aromatic rings. The van der Waals surface area contributed by atoms with Gasteiger partial charge in [0.05, 0.1) is 5.75 Å². The van der Waals surface area contributed by atoms with Gasteiger partial charge < -0.3 is 5.73 Å². The van der Waals surface area contributed by atoms with Gasteiger partial charge in [-0.2, -0.15) is 4.31 Å². The number of rotatable bonds is 8. The van der Waals surface area contributed by atoms with Crippen LogP contribution in [0.3, 0.4) is 0 Å². The predicted molar refractivity (Wildman–Crippen MR) is 117 cm³/mol. The second kappa shape index (κ2) is 9.65. The van der Waals surface area contributed by atoms with Crippen LogP contribution in [0.2, 0.25) is 0 Å². The van der Waals surface area contributed by atoms with E-state index in [1.165, 1.54) is 0 Å². The van der Waals surface area contributed by atoms with Crippen molar-refractivity contribution in [1.82, 2.24) is 4.31 Å². The Labute approximate surface area is 174 Å². The molecular formula is C23H30N2O3S. The van der Waals surface area contributed by atoms with E-state index in [4.69, 9.17) is 5.73 Å². The number of carbonyl (C=O) groups is 1. The molecular weight excluding hydrogens is 384 g/mol. The summed E-state index contributed by atoms with van der Waals surface area (Å²) in [5, 5.41) is 0. The lowest BCUT2D eigenvalue weighted by Crippen LogP contribution is -2.46. The van der Waals surface area contributed by atoms with Gasteiger partial charge in [0, 0.05) is 24.6 Å². The highest BCUT2D eigenvalue weighted by Crippen LogP contribution is 2.29. The van der Waals surface area contributed by atoms with Gasteiger partial charge in [-0.05, 0) is 49.8 Å². The number of piperidine rings is 1. The Kier molecular flexibility index (Phi) is 7.22.